The van der Waals surface area contributed by atoms with Gasteiger partial charge in [-0.05, 0) is 6.42 Å². The van der Waals surface area contributed by atoms with Gasteiger partial charge in [0.2, 0.25) is 0 Å². The molecule has 0 aliphatic heterocycles. The molecule has 0 spiro atoms. The van der Waals surface area contributed by atoms with Crippen molar-refractivity contribution in [1.29, 1.82) is 0 Å². The molecule has 0 aliphatic rings. The standard InChI is InChI=1S/C13H26O3.Li/c1-2-3-4-5-6-7-8-9-10-11-12-16-13(14)15;/h2-12H2,1H3,(H,14,15);/q;+1/p-1. The van der Waals surface area contributed by atoms with E-state index in [0.717, 1.165) is 12.8 Å². The molecule has 0 bridgehead atoms. The fourth-order valence-electron chi connectivity index (χ4n) is 1.75. The first-order valence-electron chi connectivity index (χ1n) is 6.61. The summed E-state index contributed by atoms with van der Waals surface area (Å²) in [6, 6.07) is 0. The Morgan fingerprint density at radius 2 is 1.29 bits per heavy atom. The van der Waals surface area contributed by atoms with Crippen LogP contribution in [0.5, 0.6) is 0 Å². The Hall–Kier alpha value is -0.133. The molecular weight excluding hydrogens is 211 g/mol. The van der Waals surface area contributed by atoms with E-state index >= 15 is 0 Å². The molecule has 0 aromatic heterocycles. The van der Waals surface area contributed by atoms with Crippen LogP contribution in [-0.2, 0) is 4.74 Å². The Morgan fingerprint density at radius 1 is 0.882 bits per heavy atom. The van der Waals surface area contributed by atoms with Crippen LogP contribution in [-0.4, -0.2) is 12.8 Å². The molecule has 96 valence electrons. The molecule has 0 saturated carbocycles. The first-order valence-corrected chi connectivity index (χ1v) is 6.61. The molecule has 0 N–H and O–H groups in total. The fraction of sp³-hybridized carbons (Fsp3) is 0.923. The molecule has 0 unspecified atom stereocenters. The number of ether oxygens (including phenoxy) is 1. The van der Waals surface area contributed by atoms with Crippen LogP contribution >= 0.6 is 0 Å². The first-order chi connectivity index (χ1) is 7.77. The second-order valence-corrected chi connectivity index (χ2v) is 4.28. The minimum absolute atomic E-state index is 0. The molecule has 0 radical (unpaired) electrons. The molecular formula is C13H25LiO3. The van der Waals surface area contributed by atoms with Crippen molar-refractivity contribution in [1.82, 2.24) is 0 Å². The summed E-state index contributed by atoms with van der Waals surface area (Å²) >= 11 is 0. The van der Waals surface area contributed by atoms with Gasteiger partial charge >= 0.3 is 18.9 Å². The van der Waals surface area contributed by atoms with E-state index in [0.29, 0.717) is 6.61 Å². The maximum absolute atomic E-state index is 9.93. The van der Waals surface area contributed by atoms with Crippen LogP contribution < -0.4 is 24.0 Å². The van der Waals surface area contributed by atoms with Crippen LogP contribution in [0.2, 0.25) is 0 Å². The summed E-state index contributed by atoms with van der Waals surface area (Å²) in [5, 5.41) is 9.93. The molecule has 0 aromatic carbocycles. The average molecular weight is 236 g/mol. The fourth-order valence-corrected chi connectivity index (χ4v) is 1.75. The van der Waals surface area contributed by atoms with E-state index in [1.807, 2.05) is 0 Å². The van der Waals surface area contributed by atoms with Crippen LogP contribution in [0.15, 0.2) is 0 Å². The molecule has 0 heterocycles. The number of unbranched alkanes of at least 4 members (excludes halogenated alkanes) is 9. The van der Waals surface area contributed by atoms with Gasteiger partial charge in [0.05, 0.1) is 0 Å². The largest absolute Gasteiger partial charge is 1.00 e. The predicted molar refractivity (Wildman–Crippen MR) is 63.2 cm³/mol. The Bertz CT molecular complexity index is 163. The molecule has 0 fully saturated rings. The maximum atomic E-state index is 9.93. The smallest absolute Gasteiger partial charge is 0.550 e. The minimum atomic E-state index is -1.41. The van der Waals surface area contributed by atoms with Crippen molar-refractivity contribution in [2.24, 2.45) is 0 Å². The van der Waals surface area contributed by atoms with Gasteiger partial charge in [0, 0.05) is 6.61 Å². The second kappa shape index (κ2) is 15.9. The maximum Gasteiger partial charge on any atom is 1.00 e. The van der Waals surface area contributed by atoms with E-state index in [-0.39, 0.29) is 18.9 Å². The van der Waals surface area contributed by atoms with Gasteiger partial charge in [-0.25, -0.2) is 0 Å². The van der Waals surface area contributed by atoms with E-state index in [1.54, 1.807) is 0 Å². The molecule has 17 heavy (non-hydrogen) atoms. The van der Waals surface area contributed by atoms with Crippen molar-refractivity contribution in [2.75, 3.05) is 6.61 Å². The van der Waals surface area contributed by atoms with E-state index in [1.165, 1.54) is 51.4 Å². The van der Waals surface area contributed by atoms with E-state index in [2.05, 4.69) is 11.7 Å². The van der Waals surface area contributed by atoms with Crippen molar-refractivity contribution in [2.45, 2.75) is 71.1 Å². The van der Waals surface area contributed by atoms with Gasteiger partial charge < -0.3 is 14.6 Å². The SMILES string of the molecule is CCCCCCCCCCCCOC(=O)[O-].[Li+]. The number of rotatable bonds is 11. The summed E-state index contributed by atoms with van der Waals surface area (Å²) in [4.78, 5) is 9.93. The third-order valence-electron chi connectivity index (χ3n) is 2.72. The number of hydrogen-bond donors (Lipinski definition) is 0. The van der Waals surface area contributed by atoms with Crippen LogP contribution in [0.4, 0.5) is 4.79 Å². The van der Waals surface area contributed by atoms with Gasteiger partial charge in [0.15, 0.2) is 0 Å². The van der Waals surface area contributed by atoms with Crippen molar-refractivity contribution in [3.05, 3.63) is 0 Å². The number of carboxylic acid groups (broad SMARTS) is 1. The summed E-state index contributed by atoms with van der Waals surface area (Å²) in [5.74, 6) is 0. The third kappa shape index (κ3) is 18.4. The van der Waals surface area contributed by atoms with Crippen LogP contribution in [0.1, 0.15) is 71.1 Å². The van der Waals surface area contributed by atoms with Gasteiger partial charge in [0.1, 0.15) is 0 Å². The summed E-state index contributed by atoms with van der Waals surface area (Å²) in [6.45, 7) is 2.52. The molecule has 0 aliphatic carbocycles. The Labute approximate surface area is 117 Å². The van der Waals surface area contributed by atoms with Crippen molar-refractivity contribution in [3.63, 3.8) is 0 Å². The first kappa shape index (κ1) is 19.2. The molecule has 0 aromatic rings. The zero-order valence-corrected chi connectivity index (χ0v) is 11.5. The van der Waals surface area contributed by atoms with Gasteiger partial charge in [-0.2, -0.15) is 0 Å². The van der Waals surface area contributed by atoms with Gasteiger partial charge in [-0.3, -0.25) is 0 Å². The monoisotopic (exact) mass is 236 g/mol. The van der Waals surface area contributed by atoms with Crippen LogP contribution in [0, 0.1) is 0 Å². The van der Waals surface area contributed by atoms with Gasteiger partial charge in [-0.15, -0.1) is 0 Å². The van der Waals surface area contributed by atoms with Gasteiger partial charge in [-0.1, -0.05) is 64.7 Å². The molecule has 0 saturated heterocycles. The Kier molecular flexibility index (Phi) is 17.9. The topological polar surface area (TPSA) is 49.4 Å². The zero-order chi connectivity index (χ0) is 12.1. The number of carbonyl (C=O) groups is 1. The van der Waals surface area contributed by atoms with Crippen molar-refractivity contribution in [3.8, 4) is 0 Å². The quantitative estimate of drug-likeness (QED) is 0.294. The summed E-state index contributed by atoms with van der Waals surface area (Å²) in [5.41, 5.74) is 0. The van der Waals surface area contributed by atoms with Gasteiger partial charge in [0.25, 0.3) is 6.16 Å². The molecule has 3 nitrogen and oxygen atoms in total. The molecule has 0 rings (SSSR count). The van der Waals surface area contributed by atoms with Crippen LogP contribution in [0.25, 0.3) is 0 Å². The summed E-state index contributed by atoms with van der Waals surface area (Å²) < 4.78 is 4.32. The molecule has 0 atom stereocenters. The zero-order valence-electron chi connectivity index (χ0n) is 11.5. The third-order valence-corrected chi connectivity index (χ3v) is 2.72. The Morgan fingerprint density at radius 3 is 1.71 bits per heavy atom. The number of hydrogen-bond acceptors (Lipinski definition) is 3. The summed E-state index contributed by atoms with van der Waals surface area (Å²) in [6.07, 6.45) is 11.0. The van der Waals surface area contributed by atoms with Crippen molar-refractivity contribution < 1.29 is 33.5 Å². The van der Waals surface area contributed by atoms with E-state index in [4.69, 9.17) is 0 Å². The van der Waals surface area contributed by atoms with E-state index in [9.17, 15) is 9.90 Å². The van der Waals surface area contributed by atoms with E-state index < -0.39 is 6.16 Å². The van der Waals surface area contributed by atoms with Crippen LogP contribution in [0.3, 0.4) is 0 Å². The van der Waals surface area contributed by atoms with Crippen molar-refractivity contribution >= 4 is 6.16 Å². The normalized spacial score (nSPS) is 9.71. The predicted octanol–water partition coefficient (Wildman–Crippen LogP) is 0.271. The summed E-state index contributed by atoms with van der Waals surface area (Å²) in [7, 11) is 0. The minimum Gasteiger partial charge on any atom is -0.550 e. The average Bonchev–Trinajstić information content (AvgIpc) is 2.25. The second-order valence-electron chi connectivity index (χ2n) is 4.28. The number of carbonyl (C=O) groups excluding carboxylic acids is 1. The molecule has 0 amide bonds. The Balaban J connectivity index is 0. The molecule has 4 heteroatoms.